The highest BCUT2D eigenvalue weighted by atomic mass is 16.3. The summed E-state index contributed by atoms with van der Waals surface area (Å²) in [6.45, 7) is 6.91. The van der Waals surface area contributed by atoms with Gasteiger partial charge in [0, 0.05) is 39.2 Å². The molecular weight excluding hydrogens is 631 g/mol. The first-order chi connectivity index (χ1) is 25.4. The van der Waals surface area contributed by atoms with E-state index in [1.165, 1.54) is 60.8 Å². The highest BCUT2D eigenvalue weighted by molar-refractivity contribution is 6.06. The third-order valence-corrected chi connectivity index (χ3v) is 11.2. The summed E-state index contributed by atoms with van der Waals surface area (Å²) >= 11 is 0. The smallest absolute Gasteiger partial charge is 0.137 e. The average Bonchev–Trinajstić information content (AvgIpc) is 3.66. The number of anilines is 3. The molecule has 0 N–H and O–H groups in total. The Hall–Kier alpha value is -6.38. The fourth-order valence-electron chi connectivity index (χ4n) is 8.48. The first-order valence-electron chi connectivity index (χ1n) is 18.1. The number of hydrogen-bond acceptors (Lipinski definition) is 2. The van der Waals surface area contributed by atoms with Crippen LogP contribution in [0.4, 0.5) is 17.1 Å². The molecule has 0 spiro atoms. The van der Waals surface area contributed by atoms with Crippen molar-refractivity contribution < 1.29 is 4.42 Å². The molecule has 52 heavy (non-hydrogen) atoms. The lowest BCUT2D eigenvalue weighted by atomic mass is 9.82. The molecule has 10 rings (SSSR count). The highest BCUT2D eigenvalue weighted by Crippen LogP contribution is 2.52. The second-order valence-electron chi connectivity index (χ2n) is 14.6. The average molecular weight is 668 g/mol. The van der Waals surface area contributed by atoms with Gasteiger partial charge in [0.25, 0.3) is 0 Å². The summed E-state index contributed by atoms with van der Waals surface area (Å²) in [5.41, 5.74) is 16.3. The molecule has 8 aromatic carbocycles. The zero-order chi connectivity index (χ0) is 35.0. The van der Waals surface area contributed by atoms with Gasteiger partial charge >= 0.3 is 0 Å². The lowest BCUT2D eigenvalue weighted by Crippen LogP contribution is -2.17. The fourth-order valence-corrected chi connectivity index (χ4v) is 8.48. The predicted molar refractivity (Wildman–Crippen MR) is 219 cm³/mol. The van der Waals surface area contributed by atoms with Gasteiger partial charge in [-0.3, -0.25) is 0 Å². The summed E-state index contributed by atoms with van der Waals surface area (Å²) in [5, 5.41) is 4.74. The van der Waals surface area contributed by atoms with Crippen LogP contribution in [0.3, 0.4) is 0 Å². The van der Waals surface area contributed by atoms with Crippen molar-refractivity contribution in [2.75, 3.05) is 4.90 Å². The van der Waals surface area contributed by atoms with Crippen molar-refractivity contribution in [1.29, 1.82) is 0 Å². The van der Waals surface area contributed by atoms with Gasteiger partial charge in [-0.05, 0) is 111 Å². The van der Waals surface area contributed by atoms with Gasteiger partial charge in [-0.25, -0.2) is 0 Å². The molecule has 1 aliphatic carbocycles. The Bertz CT molecular complexity index is 2850. The fraction of sp³-hybridized carbons (Fsp3) is 0.0800. The zero-order valence-corrected chi connectivity index (χ0v) is 29.5. The number of benzene rings is 8. The van der Waals surface area contributed by atoms with Gasteiger partial charge in [0.2, 0.25) is 0 Å². The summed E-state index contributed by atoms with van der Waals surface area (Å²) in [4.78, 5) is 2.43. The van der Waals surface area contributed by atoms with Crippen LogP contribution in [-0.2, 0) is 5.41 Å². The Morgan fingerprint density at radius 2 is 1.10 bits per heavy atom. The van der Waals surface area contributed by atoms with E-state index in [2.05, 4.69) is 189 Å². The lowest BCUT2D eigenvalue weighted by Gasteiger charge is -2.30. The maximum Gasteiger partial charge on any atom is 0.137 e. The van der Waals surface area contributed by atoms with Crippen molar-refractivity contribution in [3.63, 3.8) is 0 Å². The van der Waals surface area contributed by atoms with Crippen molar-refractivity contribution in [3.8, 4) is 33.4 Å². The monoisotopic (exact) mass is 667 g/mol. The molecule has 2 heteroatoms. The minimum atomic E-state index is -0.130. The largest absolute Gasteiger partial charge is 0.456 e. The van der Waals surface area contributed by atoms with E-state index in [0.717, 1.165) is 39.0 Å². The molecule has 248 valence electrons. The van der Waals surface area contributed by atoms with Crippen LogP contribution < -0.4 is 4.90 Å². The molecule has 0 saturated carbocycles. The summed E-state index contributed by atoms with van der Waals surface area (Å²) in [7, 11) is 0. The second kappa shape index (κ2) is 11.6. The van der Waals surface area contributed by atoms with E-state index in [-0.39, 0.29) is 5.41 Å². The number of para-hydroxylation sites is 1. The Morgan fingerprint density at radius 1 is 0.442 bits per heavy atom. The molecule has 0 bridgehead atoms. The van der Waals surface area contributed by atoms with Crippen LogP contribution in [-0.4, -0.2) is 0 Å². The maximum absolute atomic E-state index is 6.48. The predicted octanol–water partition coefficient (Wildman–Crippen LogP) is 14.2. The minimum Gasteiger partial charge on any atom is -0.456 e. The van der Waals surface area contributed by atoms with Gasteiger partial charge in [-0.2, -0.15) is 0 Å². The number of aryl methyl sites for hydroxylation is 1. The summed E-state index contributed by atoms with van der Waals surface area (Å²) in [6, 6.07) is 61.9. The van der Waals surface area contributed by atoms with Gasteiger partial charge in [0.15, 0.2) is 0 Å². The van der Waals surface area contributed by atoms with E-state index >= 15 is 0 Å². The Balaban J connectivity index is 1.23. The second-order valence-corrected chi connectivity index (χ2v) is 14.6. The van der Waals surface area contributed by atoms with Gasteiger partial charge < -0.3 is 9.32 Å². The van der Waals surface area contributed by atoms with E-state index in [1.807, 2.05) is 6.07 Å². The zero-order valence-electron chi connectivity index (χ0n) is 29.5. The lowest BCUT2D eigenvalue weighted by molar-refractivity contribution is 0.660. The van der Waals surface area contributed by atoms with Crippen LogP contribution in [0, 0.1) is 6.92 Å². The third-order valence-electron chi connectivity index (χ3n) is 11.2. The molecule has 1 aromatic heterocycles. The Labute approximate surface area is 304 Å². The molecule has 0 aliphatic heterocycles. The molecule has 0 atom stereocenters. The molecule has 1 aliphatic rings. The molecule has 0 fully saturated rings. The van der Waals surface area contributed by atoms with Gasteiger partial charge in [-0.1, -0.05) is 129 Å². The Morgan fingerprint density at radius 3 is 1.98 bits per heavy atom. The molecular formula is C50H37NO. The standard InChI is InChI=1S/C50H37NO/c1-32-12-4-7-15-39(32)44-29-36(35-21-20-33-13-5-6-14-34(33)28-35)22-27-47(44)51(38-24-26-43-42-17-9-11-19-48(42)52-49(43)31-38)37-23-25-41-40-16-8-10-18-45(40)50(2,3)46(41)30-37/h4-31H,1-3H3. The van der Waals surface area contributed by atoms with Crippen molar-refractivity contribution in [2.45, 2.75) is 26.2 Å². The van der Waals surface area contributed by atoms with Crippen LogP contribution >= 0.6 is 0 Å². The molecule has 9 aromatic rings. The molecule has 0 radical (unpaired) electrons. The third kappa shape index (κ3) is 4.72. The molecule has 1 heterocycles. The number of rotatable bonds is 5. The molecule has 2 nitrogen and oxygen atoms in total. The van der Waals surface area contributed by atoms with E-state index in [9.17, 15) is 0 Å². The van der Waals surface area contributed by atoms with Crippen LogP contribution in [0.15, 0.2) is 174 Å². The van der Waals surface area contributed by atoms with Crippen molar-refractivity contribution in [1.82, 2.24) is 0 Å². The molecule has 0 unspecified atom stereocenters. The van der Waals surface area contributed by atoms with Gasteiger partial charge in [0.05, 0.1) is 5.69 Å². The number of hydrogen-bond donors (Lipinski definition) is 0. The number of nitrogens with zero attached hydrogens (tertiary/aromatic N) is 1. The highest BCUT2D eigenvalue weighted by Gasteiger charge is 2.36. The van der Waals surface area contributed by atoms with Crippen molar-refractivity contribution in [3.05, 3.63) is 187 Å². The van der Waals surface area contributed by atoms with Gasteiger partial charge in [-0.15, -0.1) is 0 Å². The first kappa shape index (κ1) is 30.4. The van der Waals surface area contributed by atoms with Crippen LogP contribution in [0.25, 0.3) is 66.1 Å². The van der Waals surface area contributed by atoms with E-state index in [0.29, 0.717) is 0 Å². The maximum atomic E-state index is 6.48. The topological polar surface area (TPSA) is 16.4 Å². The quantitative estimate of drug-likeness (QED) is 0.182. The van der Waals surface area contributed by atoms with Crippen molar-refractivity contribution in [2.24, 2.45) is 0 Å². The van der Waals surface area contributed by atoms with Crippen molar-refractivity contribution >= 4 is 49.8 Å². The normalized spacial score (nSPS) is 13.1. The number of furan rings is 1. The van der Waals surface area contributed by atoms with E-state index in [1.54, 1.807) is 0 Å². The molecule has 0 amide bonds. The summed E-state index contributed by atoms with van der Waals surface area (Å²) in [5.74, 6) is 0. The van der Waals surface area contributed by atoms with E-state index < -0.39 is 0 Å². The summed E-state index contributed by atoms with van der Waals surface area (Å²) < 4.78 is 6.48. The summed E-state index contributed by atoms with van der Waals surface area (Å²) in [6.07, 6.45) is 0. The van der Waals surface area contributed by atoms with Crippen LogP contribution in [0.1, 0.15) is 30.5 Å². The van der Waals surface area contributed by atoms with Gasteiger partial charge in [0.1, 0.15) is 11.2 Å². The Kier molecular flexibility index (Phi) is 6.78. The minimum absolute atomic E-state index is 0.130. The first-order valence-corrected chi connectivity index (χ1v) is 18.1. The SMILES string of the molecule is Cc1ccccc1-c1cc(-c2ccc3ccccc3c2)ccc1N(c1ccc2c(c1)C(C)(C)c1ccccc1-2)c1ccc2c(c1)oc1ccccc12. The van der Waals surface area contributed by atoms with Crippen LogP contribution in [0.2, 0.25) is 0 Å². The molecule has 0 saturated heterocycles. The number of fused-ring (bicyclic) bond motifs is 7. The van der Waals surface area contributed by atoms with E-state index in [4.69, 9.17) is 4.42 Å². The van der Waals surface area contributed by atoms with Crippen LogP contribution in [0.5, 0.6) is 0 Å².